The standard InChI is InChI=1S/C57H88N12O11S/c1-33(2)19-47(50(73)24-37(54(61)77)16-18-81-6)69-56(79)39(22-41-30-62-32-66-41)23-42(70)31-65-57(80)44(34(3)4)26-48(71)35(5)67-55(78)38(21-40-29-64-45-12-8-7-11-43(40)45)25-49(72)46(14-15-51(60)74)68-52(75)13-9-10-17-63-53(76)20-36(27-58)28-59/h7-8,11-12,29-30,32-39,44,46-47,64H,9-10,13-28,31,58-59H2,1-6H3,(H2,60,74)(H2,61,77)(H,62,66)(H,63,76)(H,65,80)(H,67,78)(H,68,75)(H,69,79)/t35-,37+,38+,39+,44-,46-,47-/m0/s1. The molecule has 81 heavy (non-hydrogen) atoms. The van der Waals surface area contributed by atoms with Crippen LogP contribution in [0, 0.1) is 41.4 Å². The molecule has 0 spiro atoms. The second-order valence-electron chi connectivity index (χ2n) is 21.8. The summed E-state index contributed by atoms with van der Waals surface area (Å²) < 4.78 is 0. The van der Waals surface area contributed by atoms with Crippen LogP contribution in [0.2, 0.25) is 0 Å². The predicted octanol–water partition coefficient (Wildman–Crippen LogP) is 1.98. The molecular formula is C57H88N12O11S. The van der Waals surface area contributed by atoms with Crippen LogP contribution in [-0.4, -0.2) is 136 Å². The highest BCUT2D eigenvalue weighted by Gasteiger charge is 2.34. The molecule has 3 aromatic rings. The summed E-state index contributed by atoms with van der Waals surface area (Å²) in [5.41, 5.74) is 24.4. The molecular weight excluding hydrogens is 1060 g/mol. The number of benzene rings is 1. The van der Waals surface area contributed by atoms with Crippen LogP contribution in [0.25, 0.3) is 10.9 Å². The lowest BCUT2D eigenvalue weighted by atomic mass is 9.87. The molecule has 24 heteroatoms. The first-order valence-electron chi connectivity index (χ1n) is 28.0. The van der Waals surface area contributed by atoms with Gasteiger partial charge in [0.2, 0.25) is 41.4 Å². The number of amides is 7. The molecule has 0 aliphatic rings. The van der Waals surface area contributed by atoms with Gasteiger partial charge >= 0.3 is 0 Å². The third-order valence-electron chi connectivity index (χ3n) is 14.3. The van der Waals surface area contributed by atoms with E-state index in [2.05, 4.69) is 41.5 Å². The van der Waals surface area contributed by atoms with Gasteiger partial charge in [-0.15, -0.1) is 0 Å². The minimum Gasteiger partial charge on any atom is -0.370 e. The van der Waals surface area contributed by atoms with E-state index in [4.69, 9.17) is 22.9 Å². The molecule has 1 aromatic carbocycles. The summed E-state index contributed by atoms with van der Waals surface area (Å²) in [5.74, 6) is -9.34. The van der Waals surface area contributed by atoms with E-state index in [0.29, 0.717) is 42.8 Å². The number of unbranched alkanes of at least 4 members (excludes halogenated alkanes) is 1. The minimum atomic E-state index is -1.18. The molecule has 0 saturated heterocycles. The molecule has 0 aliphatic carbocycles. The van der Waals surface area contributed by atoms with Crippen molar-refractivity contribution in [3.8, 4) is 0 Å². The summed E-state index contributed by atoms with van der Waals surface area (Å²) >= 11 is 1.52. The Morgan fingerprint density at radius 3 is 1.96 bits per heavy atom. The van der Waals surface area contributed by atoms with Crippen molar-refractivity contribution in [2.24, 2.45) is 64.4 Å². The zero-order valence-electron chi connectivity index (χ0n) is 47.9. The number of rotatable bonds is 42. The number of nitrogens with one attached hydrogen (secondary N) is 7. The van der Waals surface area contributed by atoms with Crippen molar-refractivity contribution >= 4 is 87.1 Å². The van der Waals surface area contributed by atoms with Gasteiger partial charge < -0.3 is 59.5 Å². The number of H-pyrrole nitrogens is 2. The van der Waals surface area contributed by atoms with E-state index in [1.54, 1.807) is 20.0 Å². The monoisotopic (exact) mass is 1150 g/mol. The molecule has 0 bridgehead atoms. The van der Waals surface area contributed by atoms with E-state index < -0.39 is 113 Å². The van der Waals surface area contributed by atoms with Crippen LogP contribution < -0.4 is 49.5 Å². The predicted molar refractivity (Wildman–Crippen MR) is 309 cm³/mol. The topological polar surface area (TPSA) is 396 Å². The summed E-state index contributed by atoms with van der Waals surface area (Å²) in [6, 6.07) is 4.11. The fourth-order valence-corrected chi connectivity index (χ4v) is 9.87. The number of carbonyl (C=O) groups excluding carboxylic acids is 11. The highest BCUT2D eigenvalue weighted by Crippen LogP contribution is 2.25. The number of nitrogens with two attached hydrogens (primary N) is 4. The SMILES string of the molecule is CSCC[C@H](CC(=O)[C@H](CC(C)C)NC(=O)[C@@H](CC(=O)CNC(=O)[C@@H](CC(=O)[C@H](C)NC(=O)[C@@H](CC(=O)[C@H](CCC(N)=O)NC(=O)CCCCNC(=O)CC(CN)CN)Cc1c[nH]c2ccccc12)C(C)C)Cc1cnc[nH]1)C(N)=O. The Balaban J connectivity index is 1.72. The second kappa shape index (κ2) is 35.8. The molecule has 7 amide bonds. The van der Waals surface area contributed by atoms with Crippen LogP contribution in [0.4, 0.5) is 0 Å². The molecule has 3 rings (SSSR count). The van der Waals surface area contributed by atoms with Crippen LogP contribution >= 0.6 is 11.8 Å². The van der Waals surface area contributed by atoms with Gasteiger partial charge in [-0.2, -0.15) is 11.8 Å². The number of primary amides is 2. The molecule has 7 atom stereocenters. The van der Waals surface area contributed by atoms with Gasteiger partial charge in [-0.25, -0.2) is 4.98 Å². The van der Waals surface area contributed by atoms with Gasteiger partial charge in [0.05, 0.1) is 36.9 Å². The quantitative estimate of drug-likeness (QED) is 0.0361. The maximum absolute atomic E-state index is 14.3. The highest BCUT2D eigenvalue weighted by atomic mass is 32.2. The van der Waals surface area contributed by atoms with E-state index >= 15 is 0 Å². The van der Waals surface area contributed by atoms with E-state index in [1.165, 1.54) is 31.2 Å². The molecule has 0 aliphatic heterocycles. The summed E-state index contributed by atoms with van der Waals surface area (Å²) in [4.78, 5) is 157. The van der Waals surface area contributed by atoms with Crippen LogP contribution in [-0.2, 0) is 65.6 Å². The Bertz CT molecular complexity index is 2570. The smallest absolute Gasteiger partial charge is 0.224 e. The summed E-state index contributed by atoms with van der Waals surface area (Å²) in [6.45, 7) is 9.11. The number of ketones is 4. The van der Waals surface area contributed by atoms with Crippen molar-refractivity contribution in [3.63, 3.8) is 0 Å². The lowest BCUT2D eigenvalue weighted by molar-refractivity contribution is -0.135. The average Bonchev–Trinajstić information content (AvgIpc) is 4.09. The normalized spacial score (nSPS) is 14.1. The van der Waals surface area contributed by atoms with Gasteiger partial charge in [0.1, 0.15) is 0 Å². The first kappa shape index (κ1) is 68.5. The number of para-hydroxylation sites is 1. The van der Waals surface area contributed by atoms with Gasteiger partial charge in [0.25, 0.3) is 0 Å². The van der Waals surface area contributed by atoms with Gasteiger partial charge in [0.15, 0.2) is 23.1 Å². The Hall–Kier alpha value is -6.79. The lowest BCUT2D eigenvalue weighted by Crippen LogP contribution is -2.47. The fourth-order valence-electron chi connectivity index (χ4n) is 9.35. The zero-order valence-corrected chi connectivity index (χ0v) is 48.7. The summed E-state index contributed by atoms with van der Waals surface area (Å²) in [7, 11) is 0. The maximum Gasteiger partial charge on any atom is 0.224 e. The fraction of sp³-hybridized carbons (Fsp3) is 0.614. The highest BCUT2D eigenvalue weighted by molar-refractivity contribution is 7.98. The summed E-state index contributed by atoms with van der Waals surface area (Å²) in [6.07, 6.45) is 6.81. The van der Waals surface area contributed by atoms with Crippen LogP contribution in [0.5, 0.6) is 0 Å². The third-order valence-corrected chi connectivity index (χ3v) is 15.0. The van der Waals surface area contributed by atoms with E-state index in [1.807, 2.05) is 44.4 Å². The van der Waals surface area contributed by atoms with E-state index in [-0.39, 0.29) is 101 Å². The van der Waals surface area contributed by atoms with Crippen LogP contribution in [0.15, 0.2) is 43.0 Å². The van der Waals surface area contributed by atoms with Gasteiger partial charge in [-0.3, -0.25) is 52.7 Å². The van der Waals surface area contributed by atoms with Gasteiger partial charge in [0, 0.05) is 105 Å². The maximum atomic E-state index is 14.3. The number of thioether (sulfide) groups is 1. The van der Waals surface area contributed by atoms with Crippen molar-refractivity contribution < 1.29 is 52.7 Å². The molecule has 0 fully saturated rings. The molecule has 23 nitrogen and oxygen atoms in total. The molecule has 448 valence electrons. The number of hydrogen-bond acceptors (Lipinski definition) is 15. The number of hydrogen-bond donors (Lipinski definition) is 11. The number of aromatic amines is 2. The molecule has 0 unspecified atom stereocenters. The Morgan fingerprint density at radius 1 is 0.667 bits per heavy atom. The number of nitrogens with zero attached hydrogens (tertiary/aromatic N) is 1. The van der Waals surface area contributed by atoms with Crippen molar-refractivity contribution in [2.75, 3.05) is 38.2 Å². The van der Waals surface area contributed by atoms with Crippen molar-refractivity contribution in [1.82, 2.24) is 41.5 Å². The average molecular weight is 1150 g/mol. The number of carbonyl (C=O) groups is 11. The summed E-state index contributed by atoms with van der Waals surface area (Å²) in [5, 5.41) is 14.5. The zero-order chi connectivity index (χ0) is 60.2. The third kappa shape index (κ3) is 24.9. The molecule has 0 saturated carbocycles. The lowest BCUT2D eigenvalue weighted by Gasteiger charge is -2.25. The molecule has 0 radical (unpaired) electrons. The number of aromatic nitrogens is 3. The van der Waals surface area contributed by atoms with Crippen LogP contribution in [0.1, 0.15) is 123 Å². The van der Waals surface area contributed by atoms with Crippen LogP contribution in [0.3, 0.4) is 0 Å². The number of Topliss-reactive ketones (excluding diaryl/α,β-unsaturated/α-hetero) is 4. The molecule has 2 aromatic heterocycles. The second-order valence-corrected chi connectivity index (χ2v) is 22.8. The van der Waals surface area contributed by atoms with E-state index in [0.717, 1.165) is 10.9 Å². The first-order chi connectivity index (χ1) is 38.5. The van der Waals surface area contributed by atoms with Gasteiger partial charge in [-0.1, -0.05) is 45.9 Å². The Kier molecular flexibility index (Phi) is 30.3. The van der Waals surface area contributed by atoms with Crippen molar-refractivity contribution in [1.29, 1.82) is 0 Å². The Labute approximate surface area is 479 Å². The Morgan fingerprint density at radius 2 is 1.33 bits per heavy atom. The minimum absolute atomic E-state index is 0.00587. The largest absolute Gasteiger partial charge is 0.370 e. The van der Waals surface area contributed by atoms with Crippen molar-refractivity contribution in [2.45, 2.75) is 143 Å². The van der Waals surface area contributed by atoms with E-state index in [9.17, 15) is 52.7 Å². The number of imidazole rings is 1. The van der Waals surface area contributed by atoms with Gasteiger partial charge in [-0.05, 0) is 99.9 Å². The molecule has 2 heterocycles. The van der Waals surface area contributed by atoms with Crippen molar-refractivity contribution in [3.05, 3.63) is 54.2 Å². The molecule has 15 N–H and O–H groups in total. The number of fused-ring (bicyclic) bond motifs is 1. The first-order valence-corrected chi connectivity index (χ1v) is 29.4.